The molecule has 0 saturated carbocycles. The molecule has 16 heavy (non-hydrogen) atoms. The van der Waals surface area contributed by atoms with Crippen molar-refractivity contribution in [2.75, 3.05) is 0 Å². The fourth-order valence-electron chi connectivity index (χ4n) is 0.988. The van der Waals surface area contributed by atoms with Gasteiger partial charge in [0.1, 0.15) is 0 Å². The number of nitro benzene ring substituents is 2. The number of nitrogens with zero attached hydrogens (tertiary/aromatic N) is 2. The summed E-state index contributed by atoms with van der Waals surface area (Å²) < 4.78 is 9.79. The Morgan fingerprint density at radius 3 is 1.56 bits per heavy atom. The van der Waals surface area contributed by atoms with Crippen molar-refractivity contribution in [3.63, 3.8) is 0 Å². The Morgan fingerprint density at radius 1 is 0.938 bits per heavy atom. The van der Waals surface area contributed by atoms with Gasteiger partial charge in [0.2, 0.25) is 0 Å². The van der Waals surface area contributed by atoms with Crippen LogP contribution in [0.2, 0.25) is 0 Å². The zero-order valence-corrected chi connectivity index (χ0v) is 15.3. The third-order valence-corrected chi connectivity index (χ3v) is 3.36. The van der Waals surface area contributed by atoms with E-state index in [9.17, 15) is 20.2 Å². The van der Waals surface area contributed by atoms with Crippen LogP contribution in [0.15, 0.2) is 12.1 Å². The molecule has 1 aromatic carbocycles. The van der Waals surface area contributed by atoms with Crippen LogP contribution < -0.4 is 5.37 Å². The van der Waals surface area contributed by atoms with Gasteiger partial charge in [0.25, 0.3) is 0 Å². The van der Waals surface area contributed by atoms with E-state index in [1.54, 1.807) is 0 Å². The molecule has 1 aromatic rings. The molecule has 80 valence electrons. The molecule has 0 bridgehead atoms. The van der Waals surface area contributed by atoms with Gasteiger partial charge in [-0.2, -0.15) is 0 Å². The first-order valence-corrected chi connectivity index (χ1v) is 6.82. The summed E-state index contributed by atoms with van der Waals surface area (Å²) in [4.78, 5) is 19.8. The Labute approximate surface area is 122 Å². The van der Waals surface area contributed by atoms with Crippen molar-refractivity contribution in [1.29, 1.82) is 0 Å². The Kier molecular flexibility index (Phi) is 4.81. The molecule has 0 aliphatic rings. The summed E-state index contributed by atoms with van der Waals surface area (Å²) in [5.41, 5.74) is -0.853. The summed E-state index contributed by atoms with van der Waals surface area (Å²) in [5, 5.41) is 21.3. The normalized spacial score (nSPS) is 9.62. The first-order chi connectivity index (χ1) is 7.51. The molecule has 0 N–H and O–H groups in total. The van der Waals surface area contributed by atoms with Crippen molar-refractivity contribution in [1.82, 2.24) is 0 Å². The summed E-state index contributed by atoms with van der Waals surface area (Å²) in [6.07, 6.45) is 0. The molecular weight excluding hydrogens is 610 g/mol. The molecule has 0 atom stereocenters. The Bertz CT molecular complexity index is 414. The third-order valence-electron chi connectivity index (χ3n) is 1.65. The average molecular weight is 612 g/mol. The monoisotopic (exact) mass is 614 g/mol. The van der Waals surface area contributed by atoms with Gasteiger partial charge in [-0.15, -0.1) is 0 Å². The van der Waals surface area contributed by atoms with Gasteiger partial charge in [-0.05, 0) is 0 Å². The molecule has 8 nitrogen and oxygen atoms in total. The van der Waals surface area contributed by atoms with Crippen LogP contribution in [0.1, 0.15) is 0 Å². The molecule has 1 rings (SSSR count). The van der Waals surface area contributed by atoms with E-state index >= 15 is 0 Å². The van der Waals surface area contributed by atoms with Gasteiger partial charge in [-0.1, -0.05) is 0 Å². The van der Waals surface area contributed by atoms with Gasteiger partial charge in [0.05, 0.1) is 0 Å². The minimum absolute atomic E-state index is 0.00637. The molecule has 0 unspecified atom stereocenters. The summed E-state index contributed by atoms with van der Waals surface area (Å²) in [5.74, 6) is -0.0127. The van der Waals surface area contributed by atoms with Crippen LogP contribution in [0.25, 0.3) is 0 Å². The van der Waals surface area contributed by atoms with Crippen molar-refractivity contribution >= 4 is 63.8 Å². The standard InChI is InChI=1S/C6H4N2O6.2Pb/c9-5-2-6(10)4(8(13)14)1-3(5)7(11)12;;/h1-2,9-10H;;/q;2*+1/p-2. The van der Waals surface area contributed by atoms with Crippen LogP contribution in [-0.4, -0.2) is 62.3 Å². The van der Waals surface area contributed by atoms with E-state index in [1.807, 2.05) is 0 Å². The van der Waals surface area contributed by atoms with E-state index in [-0.39, 0.29) is 63.9 Å². The van der Waals surface area contributed by atoms with Gasteiger partial charge in [-0.25, -0.2) is 0 Å². The number of hydrogen-bond donors (Lipinski definition) is 0. The zero-order valence-electron chi connectivity index (χ0n) is 7.50. The molecule has 0 heterocycles. The summed E-state index contributed by atoms with van der Waals surface area (Å²) in [7, 11) is 0. The summed E-state index contributed by atoms with van der Waals surface area (Å²) in [6.45, 7) is 0. The molecule has 0 aromatic heterocycles. The van der Waals surface area contributed by atoms with Crippen LogP contribution in [0.4, 0.5) is 11.4 Å². The van der Waals surface area contributed by atoms with Gasteiger partial charge in [-0.3, -0.25) is 0 Å². The van der Waals surface area contributed by atoms with Crippen LogP contribution in [-0.2, 0) is 0 Å². The molecule has 0 amide bonds. The fraction of sp³-hybridized carbons (Fsp3) is 0. The molecule has 6 radical (unpaired) electrons. The number of nitro groups is 2. The molecule has 0 aliphatic heterocycles. The van der Waals surface area contributed by atoms with E-state index in [2.05, 4.69) is 0 Å². The van der Waals surface area contributed by atoms with Crippen molar-refractivity contribution in [3.8, 4) is 11.5 Å². The minimum atomic E-state index is -0.725. The van der Waals surface area contributed by atoms with Gasteiger partial charge >= 0.3 is 123 Å². The molecule has 0 saturated heterocycles. The summed E-state index contributed by atoms with van der Waals surface area (Å²) in [6, 6.07) is 2.02. The molecule has 0 aliphatic carbocycles. The molecule has 10 heteroatoms. The Hall–Kier alpha value is -0.536. The SMILES string of the molecule is O=[N+]([O-])c1cc([N+](=O)[O-])c([O][Pb])cc1[O][Pb]. The van der Waals surface area contributed by atoms with E-state index in [1.165, 1.54) is 6.07 Å². The van der Waals surface area contributed by atoms with Crippen LogP contribution in [0.3, 0.4) is 0 Å². The number of benzene rings is 1. The number of hydrogen-bond acceptors (Lipinski definition) is 6. The Balaban J connectivity index is 3.46. The molecule has 0 fully saturated rings. The average Bonchev–Trinajstić information content (AvgIpc) is 2.26. The maximum atomic E-state index is 10.6. The maximum absolute atomic E-state index is 10.6. The summed E-state index contributed by atoms with van der Waals surface area (Å²) >= 11 is 0.494. The van der Waals surface area contributed by atoms with Crippen molar-refractivity contribution in [3.05, 3.63) is 32.4 Å². The van der Waals surface area contributed by atoms with Gasteiger partial charge in [0.15, 0.2) is 0 Å². The van der Waals surface area contributed by atoms with E-state index < -0.39 is 21.2 Å². The fourth-order valence-corrected chi connectivity index (χ4v) is 2.26. The first kappa shape index (κ1) is 13.5. The van der Waals surface area contributed by atoms with Crippen molar-refractivity contribution in [2.24, 2.45) is 0 Å². The predicted octanol–water partition coefficient (Wildman–Crippen LogP) is 0.428. The quantitative estimate of drug-likeness (QED) is 0.278. The topological polar surface area (TPSA) is 105 Å². The third kappa shape index (κ3) is 2.77. The Morgan fingerprint density at radius 2 is 1.31 bits per heavy atom. The van der Waals surface area contributed by atoms with E-state index in [0.717, 1.165) is 6.07 Å². The van der Waals surface area contributed by atoms with Crippen LogP contribution in [0, 0.1) is 20.2 Å². The first-order valence-electron chi connectivity index (χ1n) is 3.65. The van der Waals surface area contributed by atoms with Crippen LogP contribution in [0.5, 0.6) is 11.5 Å². The number of rotatable bonds is 4. The second-order valence-corrected chi connectivity index (χ2v) is 4.09. The molecular formula is C6H2N2O6Pb2. The van der Waals surface area contributed by atoms with Crippen molar-refractivity contribution < 1.29 is 15.2 Å². The van der Waals surface area contributed by atoms with E-state index in [0.29, 0.717) is 0 Å². The van der Waals surface area contributed by atoms with Gasteiger partial charge < -0.3 is 0 Å². The predicted molar refractivity (Wildman–Crippen MR) is 52.5 cm³/mol. The van der Waals surface area contributed by atoms with E-state index in [4.69, 9.17) is 5.37 Å². The van der Waals surface area contributed by atoms with Gasteiger partial charge in [0, 0.05) is 0 Å². The molecule has 0 spiro atoms. The second-order valence-electron chi connectivity index (χ2n) is 2.51. The van der Waals surface area contributed by atoms with Crippen LogP contribution >= 0.6 is 0 Å². The zero-order chi connectivity index (χ0) is 12.3. The second kappa shape index (κ2) is 5.69. The van der Waals surface area contributed by atoms with Crippen molar-refractivity contribution in [2.45, 2.75) is 0 Å².